The standard InChI is InChI=1S/C27H23F3N4O3/c1-2-23(35)34-12-4-5-17(34)15-36-22-14-31-11-9-18(22)25-24(26-20(33-25)6-3-10-32-26)16-7-8-19(28)21(13-16)37-27(29)30/h2-3,6-11,13-14,17,27,33H,1,4-5,12,15H2/t17-/m0/s1. The maximum Gasteiger partial charge on any atom is 0.387 e. The minimum Gasteiger partial charge on any atom is -0.489 e. The lowest BCUT2D eigenvalue weighted by Gasteiger charge is -2.24. The van der Waals surface area contributed by atoms with Crippen LogP contribution in [0.5, 0.6) is 11.5 Å². The summed E-state index contributed by atoms with van der Waals surface area (Å²) in [4.78, 5) is 25.9. The van der Waals surface area contributed by atoms with Crippen LogP contribution in [0.4, 0.5) is 13.2 Å². The third-order valence-electron chi connectivity index (χ3n) is 6.31. The first-order valence-corrected chi connectivity index (χ1v) is 11.7. The minimum absolute atomic E-state index is 0.103. The molecule has 190 valence electrons. The highest BCUT2D eigenvalue weighted by molar-refractivity contribution is 6.02. The first-order valence-electron chi connectivity index (χ1n) is 11.7. The zero-order valence-electron chi connectivity index (χ0n) is 19.7. The predicted octanol–water partition coefficient (Wildman–Crippen LogP) is 5.59. The number of hydrogen-bond acceptors (Lipinski definition) is 5. The SMILES string of the molecule is C=CC(=O)N1CCC[C@H]1COc1cnccc1-c1[nH]c2cccnc2c1-c1ccc(F)c(OC(F)F)c1. The van der Waals surface area contributed by atoms with E-state index in [1.165, 1.54) is 18.2 Å². The van der Waals surface area contributed by atoms with Crippen LogP contribution in [-0.4, -0.2) is 51.6 Å². The quantitative estimate of drug-likeness (QED) is 0.314. The van der Waals surface area contributed by atoms with E-state index >= 15 is 0 Å². The van der Waals surface area contributed by atoms with Crippen molar-refractivity contribution in [3.8, 4) is 33.9 Å². The number of rotatable bonds is 8. The van der Waals surface area contributed by atoms with Gasteiger partial charge in [-0.2, -0.15) is 8.78 Å². The van der Waals surface area contributed by atoms with Crippen LogP contribution in [0.1, 0.15) is 12.8 Å². The third kappa shape index (κ3) is 4.87. The van der Waals surface area contributed by atoms with Gasteiger partial charge in [0.05, 0.1) is 29.0 Å². The van der Waals surface area contributed by atoms with E-state index < -0.39 is 18.2 Å². The maximum atomic E-state index is 14.2. The molecule has 1 aliphatic rings. The summed E-state index contributed by atoms with van der Waals surface area (Å²) in [7, 11) is 0. The number of likely N-dealkylation sites (tertiary alicyclic amines) is 1. The Morgan fingerprint density at radius 1 is 1.24 bits per heavy atom. The van der Waals surface area contributed by atoms with E-state index in [2.05, 4.69) is 26.3 Å². The molecular formula is C27H23F3N4O3. The van der Waals surface area contributed by atoms with Crippen LogP contribution in [0.25, 0.3) is 33.4 Å². The number of alkyl halides is 2. The van der Waals surface area contributed by atoms with Crippen LogP contribution in [0.2, 0.25) is 0 Å². The second kappa shape index (κ2) is 10.3. The number of aromatic nitrogens is 3. The molecule has 0 spiro atoms. The number of pyridine rings is 2. The number of fused-ring (bicyclic) bond motifs is 1. The van der Waals surface area contributed by atoms with Crippen molar-refractivity contribution in [1.82, 2.24) is 19.9 Å². The highest BCUT2D eigenvalue weighted by Crippen LogP contribution is 2.42. The first-order chi connectivity index (χ1) is 18.0. The second-order valence-corrected chi connectivity index (χ2v) is 8.51. The zero-order chi connectivity index (χ0) is 25.9. The summed E-state index contributed by atoms with van der Waals surface area (Å²) in [5, 5.41) is 0. The molecule has 4 aromatic rings. The molecule has 1 N–H and O–H groups in total. The van der Waals surface area contributed by atoms with Crippen LogP contribution < -0.4 is 9.47 Å². The molecule has 1 amide bonds. The minimum atomic E-state index is -3.17. The van der Waals surface area contributed by atoms with Crippen molar-refractivity contribution in [2.75, 3.05) is 13.2 Å². The Hall–Kier alpha value is -4.34. The Labute approximate surface area is 210 Å². The average molecular weight is 509 g/mol. The molecule has 10 heteroatoms. The first kappa shape index (κ1) is 24.4. The van der Waals surface area contributed by atoms with Crippen molar-refractivity contribution >= 4 is 16.9 Å². The van der Waals surface area contributed by atoms with Crippen molar-refractivity contribution < 1.29 is 27.4 Å². The fourth-order valence-electron chi connectivity index (χ4n) is 4.65. The zero-order valence-corrected chi connectivity index (χ0v) is 19.7. The molecule has 37 heavy (non-hydrogen) atoms. The van der Waals surface area contributed by atoms with Crippen LogP contribution in [0.3, 0.4) is 0 Å². The van der Waals surface area contributed by atoms with E-state index in [0.717, 1.165) is 18.9 Å². The molecule has 4 heterocycles. The highest BCUT2D eigenvalue weighted by atomic mass is 19.3. The fraction of sp³-hybridized carbons (Fsp3) is 0.222. The lowest BCUT2D eigenvalue weighted by molar-refractivity contribution is -0.127. The van der Waals surface area contributed by atoms with E-state index in [4.69, 9.17) is 4.74 Å². The number of ether oxygens (including phenoxy) is 2. The smallest absolute Gasteiger partial charge is 0.387 e. The summed E-state index contributed by atoms with van der Waals surface area (Å²) in [6, 6.07) is 9.02. The molecule has 5 rings (SSSR count). The van der Waals surface area contributed by atoms with E-state index in [1.54, 1.807) is 35.6 Å². The van der Waals surface area contributed by atoms with Gasteiger partial charge in [-0.05, 0) is 54.8 Å². The van der Waals surface area contributed by atoms with Crippen molar-refractivity contribution in [3.05, 3.63) is 73.5 Å². The van der Waals surface area contributed by atoms with E-state index in [1.807, 2.05) is 6.07 Å². The molecule has 0 aliphatic carbocycles. The summed E-state index contributed by atoms with van der Waals surface area (Å²) in [6.07, 6.45) is 7.76. The number of benzene rings is 1. The molecule has 1 aliphatic heterocycles. The molecule has 7 nitrogen and oxygen atoms in total. The summed E-state index contributed by atoms with van der Waals surface area (Å²) >= 11 is 0. The van der Waals surface area contributed by atoms with Crippen LogP contribution in [0.15, 0.2) is 67.6 Å². The molecule has 0 bridgehead atoms. The van der Waals surface area contributed by atoms with Gasteiger partial charge >= 0.3 is 6.61 Å². The molecule has 1 aromatic carbocycles. The Kier molecular flexibility index (Phi) is 6.80. The number of amides is 1. The molecular weight excluding hydrogens is 485 g/mol. The molecule has 1 fully saturated rings. The number of aromatic amines is 1. The van der Waals surface area contributed by atoms with Gasteiger partial charge in [-0.1, -0.05) is 12.6 Å². The molecule has 1 saturated heterocycles. The van der Waals surface area contributed by atoms with Crippen molar-refractivity contribution in [3.63, 3.8) is 0 Å². The van der Waals surface area contributed by atoms with Crippen LogP contribution >= 0.6 is 0 Å². The summed E-state index contributed by atoms with van der Waals surface area (Å²) in [6.45, 7) is 1.30. The Bertz CT molecular complexity index is 1460. The number of nitrogens with zero attached hydrogens (tertiary/aromatic N) is 3. The van der Waals surface area contributed by atoms with E-state index in [9.17, 15) is 18.0 Å². The normalized spacial score (nSPS) is 15.4. The maximum absolute atomic E-state index is 14.2. The predicted molar refractivity (Wildman–Crippen MR) is 132 cm³/mol. The Morgan fingerprint density at radius 3 is 2.92 bits per heavy atom. The Balaban J connectivity index is 1.56. The van der Waals surface area contributed by atoms with Crippen molar-refractivity contribution in [2.24, 2.45) is 0 Å². The number of nitrogens with one attached hydrogen (secondary N) is 1. The second-order valence-electron chi connectivity index (χ2n) is 8.51. The molecule has 0 unspecified atom stereocenters. The number of carbonyl (C=O) groups is 1. The fourth-order valence-corrected chi connectivity index (χ4v) is 4.65. The summed E-state index contributed by atoms with van der Waals surface area (Å²) < 4.78 is 50.5. The van der Waals surface area contributed by atoms with Gasteiger partial charge in [0.2, 0.25) is 5.91 Å². The largest absolute Gasteiger partial charge is 0.489 e. The summed E-state index contributed by atoms with van der Waals surface area (Å²) in [5.74, 6) is -1.15. The molecule has 0 saturated carbocycles. The van der Waals surface area contributed by atoms with Gasteiger partial charge in [-0.15, -0.1) is 0 Å². The monoisotopic (exact) mass is 508 g/mol. The number of H-pyrrole nitrogens is 1. The van der Waals surface area contributed by atoms with Gasteiger partial charge in [-0.25, -0.2) is 4.39 Å². The lowest BCUT2D eigenvalue weighted by atomic mass is 10.00. The van der Waals surface area contributed by atoms with Gasteiger partial charge < -0.3 is 19.4 Å². The molecule has 3 aromatic heterocycles. The third-order valence-corrected chi connectivity index (χ3v) is 6.31. The van der Waals surface area contributed by atoms with Gasteiger partial charge in [0.25, 0.3) is 0 Å². The average Bonchev–Trinajstić information content (AvgIpc) is 3.53. The van der Waals surface area contributed by atoms with E-state index in [0.29, 0.717) is 45.7 Å². The van der Waals surface area contributed by atoms with Crippen molar-refractivity contribution in [1.29, 1.82) is 0 Å². The number of halogens is 3. The molecule has 0 radical (unpaired) electrons. The van der Waals surface area contributed by atoms with Gasteiger partial charge in [0.15, 0.2) is 11.6 Å². The lowest BCUT2D eigenvalue weighted by Crippen LogP contribution is -2.38. The van der Waals surface area contributed by atoms with Crippen molar-refractivity contribution in [2.45, 2.75) is 25.5 Å². The van der Waals surface area contributed by atoms with Gasteiger partial charge in [0, 0.05) is 30.1 Å². The highest BCUT2D eigenvalue weighted by Gasteiger charge is 2.28. The Morgan fingerprint density at radius 2 is 2.11 bits per heavy atom. The van der Waals surface area contributed by atoms with Crippen LogP contribution in [-0.2, 0) is 4.79 Å². The topological polar surface area (TPSA) is 80.3 Å². The number of hydrogen-bond donors (Lipinski definition) is 1. The van der Waals surface area contributed by atoms with Gasteiger partial charge in [-0.3, -0.25) is 14.8 Å². The van der Waals surface area contributed by atoms with Crippen LogP contribution in [0, 0.1) is 5.82 Å². The van der Waals surface area contributed by atoms with Gasteiger partial charge in [0.1, 0.15) is 12.4 Å². The number of carbonyl (C=O) groups excluding carboxylic acids is 1. The molecule has 1 atom stereocenters. The summed E-state index contributed by atoms with van der Waals surface area (Å²) in [5.41, 5.74) is 3.48. The van der Waals surface area contributed by atoms with E-state index in [-0.39, 0.29) is 18.6 Å².